The lowest BCUT2D eigenvalue weighted by Gasteiger charge is -2.34. The van der Waals surface area contributed by atoms with Gasteiger partial charge in [-0.25, -0.2) is 0 Å². The van der Waals surface area contributed by atoms with Crippen molar-refractivity contribution in [2.24, 2.45) is 0 Å². The summed E-state index contributed by atoms with van der Waals surface area (Å²) in [6.07, 6.45) is 0.364. The number of piperazine rings is 1. The van der Waals surface area contributed by atoms with Gasteiger partial charge in [-0.1, -0.05) is 12.1 Å². The predicted molar refractivity (Wildman–Crippen MR) is 91.2 cm³/mol. The van der Waals surface area contributed by atoms with Crippen LogP contribution in [0.15, 0.2) is 18.2 Å². The number of rotatable bonds is 5. The summed E-state index contributed by atoms with van der Waals surface area (Å²) in [5.41, 5.74) is 0.777. The first-order valence-corrected chi connectivity index (χ1v) is 7.04. The van der Waals surface area contributed by atoms with Crippen LogP contribution in [0.4, 0.5) is 0 Å². The van der Waals surface area contributed by atoms with E-state index in [0.29, 0.717) is 18.8 Å². The largest absolute Gasteiger partial charge is 0.504 e. The van der Waals surface area contributed by atoms with Crippen LogP contribution < -0.4 is 10.1 Å². The zero-order chi connectivity index (χ0) is 14.4. The minimum absolute atomic E-state index is 0. The molecular weight excluding hydrogens is 325 g/mol. The summed E-state index contributed by atoms with van der Waals surface area (Å²) in [4.78, 5) is 2.24. The highest BCUT2D eigenvalue weighted by Gasteiger charge is 2.25. The van der Waals surface area contributed by atoms with Gasteiger partial charge in [-0.05, 0) is 13.0 Å². The van der Waals surface area contributed by atoms with E-state index in [-0.39, 0.29) is 36.6 Å². The van der Waals surface area contributed by atoms with E-state index in [1.54, 1.807) is 6.07 Å². The number of benzene rings is 1. The van der Waals surface area contributed by atoms with Crippen LogP contribution in [-0.4, -0.2) is 42.8 Å². The second kappa shape index (κ2) is 10.5. The van der Waals surface area contributed by atoms with Crippen molar-refractivity contribution in [1.29, 1.82) is 5.26 Å². The standard InChI is InChI=1S/C15H21N3O2.2ClH/c1-2-20-14-5-3-4-12(15(14)19)13(6-7-16)18-10-8-17-9-11-18;;/h3-5,13,17,19H,2,6,8-11H2,1H3;2*1H/t13-;;/m0../s1. The molecule has 7 heteroatoms. The lowest BCUT2D eigenvalue weighted by atomic mass is 10.00. The van der Waals surface area contributed by atoms with Crippen LogP contribution in [0.1, 0.15) is 24.9 Å². The fraction of sp³-hybridized carbons (Fsp3) is 0.533. The number of nitriles is 1. The Balaban J connectivity index is 0.00000220. The fourth-order valence-corrected chi connectivity index (χ4v) is 2.60. The molecule has 2 N–H and O–H groups in total. The Morgan fingerprint density at radius 1 is 1.36 bits per heavy atom. The van der Waals surface area contributed by atoms with Crippen molar-refractivity contribution in [3.63, 3.8) is 0 Å². The molecule has 1 atom stereocenters. The van der Waals surface area contributed by atoms with Gasteiger partial charge in [0.15, 0.2) is 11.5 Å². The molecule has 0 aromatic heterocycles. The molecule has 1 aromatic carbocycles. The van der Waals surface area contributed by atoms with Gasteiger partial charge in [0.1, 0.15) is 0 Å². The molecule has 0 unspecified atom stereocenters. The zero-order valence-electron chi connectivity index (χ0n) is 12.6. The molecule has 5 nitrogen and oxygen atoms in total. The molecule has 0 aliphatic carbocycles. The second-order valence-corrected chi connectivity index (χ2v) is 4.79. The smallest absolute Gasteiger partial charge is 0.162 e. The van der Waals surface area contributed by atoms with Gasteiger partial charge >= 0.3 is 0 Å². The summed E-state index contributed by atoms with van der Waals surface area (Å²) >= 11 is 0. The normalized spacial score (nSPS) is 15.8. The number of nitrogens with one attached hydrogen (secondary N) is 1. The zero-order valence-corrected chi connectivity index (χ0v) is 14.3. The molecule has 0 spiro atoms. The first-order chi connectivity index (χ1) is 9.77. The molecule has 0 bridgehead atoms. The van der Waals surface area contributed by atoms with Crippen LogP contribution in [0.2, 0.25) is 0 Å². The minimum atomic E-state index is -0.0810. The maximum atomic E-state index is 10.4. The molecule has 1 aliphatic heterocycles. The van der Waals surface area contributed by atoms with Gasteiger partial charge in [-0.2, -0.15) is 5.26 Å². The second-order valence-electron chi connectivity index (χ2n) is 4.79. The number of phenolic OH excluding ortho intramolecular Hbond substituents is 1. The summed E-state index contributed by atoms with van der Waals surface area (Å²) in [6, 6.07) is 7.65. The maximum absolute atomic E-state index is 10.4. The molecule has 1 aliphatic rings. The first-order valence-electron chi connectivity index (χ1n) is 7.04. The fourth-order valence-electron chi connectivity index (χ4n) is 2.60. The maximum Gasteiger partial charge on any atom is 0.162 e. The third-order valence-electron chi connectivity index (χ3n) is 3.57. The number of ether oxygens (including phenoxy) is 1. The van der Waals surface area contributed by atoms with Gasteiger partial charge in [-0.3, -0.25) is 4.90 Å². The van der Waals surface area contributed by atoms with Crippen molar-refractivity contribution in [1.82, 2.24) is 10.2 Å². The highest BCUT2D eigenvalue weighted by molar-refractivity contribution is 5.85. The molecule has 0 radical (unpaired) electrons. The number of nitrogens with zero attached hydrogens (tertiary/aromatic N) is 2. The molecule has 22 heavy (non-hydrogen) atoms. The molecule has 1 saturated heterocycles. The third-order valence-corrected chi connectivity index (χ3v) is 3.57. The van der Waals surface area contributed by atoms with E-state index in [1.807, 2.05) is 19.1 Å². The number of hydrogen-bond acceptors (Lipinski definition) is 5. The lowest BCUT2D eigenvalue weighted by Crippen LogP contribution is -2.45. The first kappa shape index (κ1) is 20.8. The molecule has 1 heterocycles. The Hall–Kier alpha value is -1.19. The van der Waals surface area contributed by atoms with E-state index in [1.165, 1.54) is 0 Å². The van der Waals surface area contributed by atoms with Gasteiger partial charge < -0.3 is 15.2 Å². The van der Waals surface area contributed by atoms with Crippen molar-refractivity contribution in [3.05, 3.63) is 23.8 Å². The van der Waals surface area contributed by atoms with Crippen LogP contribution in [0.5, 0.6) is 11.5 Å². The van der Waals surface area contributed by atoms with Crippen LogP contribution in [0.25, 0.3) is 0 Å². The van der Waals surface area contributed by atoms with Crippen molar-refractivity contribution >= 4 is 24.8 Å². The monoisotopic (exact) mass is 347 g/mol. The van der Waals surface area contributed by atoms with Gasteiger partial charge in [0.25, 0.3) is 0 Å². The van der Waals surface area contributed by atoms with Crippen molar-refractivity contribution < 1.29 is 9.84 Å². The topological polar surface area (TPSA) is 68.5 Å². The molecule has 0 amide bonds. The van der Waals surface area contributed by atoms with Crippen molar-refractivity contribution in [2.75, 3.05) is 32.8 Å². The summed E-state index contributed by atoms with van der Waals surface area (Å²) < 4.78 is 5.43. The van der Waals surface area contributed by atoms with Gasteiger partial charge in [-0.15, -0.1) is 24.8 Å². The average Bonchev–Trinajstić information content (AvgIpc) is 2.49. The molecule has 0 saturated carbocycles. The van der Waals surface area contributed by atoms with Crippen molar-refractivity contribution in [3.8, 4) is 17.6 Å². The van der Waals surface area contributed by atoms with E-state index in [0.717, 1.165) is 31.7 Å². The van der Waals surface area contributed by atoms with Crippen LogP contribution in [0.3, 0.4) is 0 Å². The molecule has 1 fully saturated rings. The highest BCUT2D eigenvalue weighted by Crippen LogP contribution is 2.37. The van der Waals surface area contributed by atoms with Gasteiger partial charge in [0.05, 0.1) is 25.1 Å². The third kappa shape index (κ3) is 4.92. The molecular formula is C15H23Cl2N3O2. The molecule has 1 aromatic rings. The summed E-state index contributed by atoms with van der Waals surface area (Å²) in [7, 11) is 0. The Labute approximate surface area is 144 Å². The average molecular weight is 348 g/mol. The van der Waals surface area contributed by atoms with Crippen LogP contribution in [0, 0.1) is 11.3 Å². The summed E-state index contributed by atoms with van der Waals surface area (Å²) in [6.45, 7) is 5.97. The Morgan fingerprint density at radius 3 is 2.64 bits per heavy atom. The Bertz CT molecular complexity index is 488. The number of halogens is 2. The molecule has 124 valence electrons. The van der Waals surface area contributed by atoms with Crippen LogP contribution >= 0.6 is 24.8 Å². The van der Waals surface area contributed by atoms with E-state index in [4.69, 9.17) is 10.00 Å². The Morgan fingerprint density at radius 2 is 2.05 bits per heavy atom. The van der Waals surface area contributed by atoms with Crippen LogP contribution in [-0.2, 0) is 0 Å². The Kier molecular flexibility index (Phi) is 9.95. The summed E-state index contributed by atoms with van der Waals surface area (Å²) in [5.74, 6) is 0.649. The van der Waals surface area contributed by atoms with E-state index in [9.17, 15) is 5.11 Å². The number of aromatic hydroxyl groups is 1. The van der Waals surface area contributed by atoms with E-state index < -0.39 is 0 Å². The van der Waals surface area contributed by atoms with Gasteiger partial charge in [0, 0.05) is 31.7 Å². The van der Waals surface area contributed by atoms with E-state index >= 15 is 0 Å². The van der Waals surface area contributed by atoms with Crippen molar-refractivity contribution in [2.45, 2.75) is 19.4 Å². The minimum Gasteiger partial charge on any atom is -0.504 e. The molecule has 2 rings (SSSR count). The summed E-state index contributed by atoms with van der Waals surface area (Å²) in [5, 5.41) is 22.8. The lowest BCUT2D eigenvalue weighted by molar-refractivity contribution is 0.172. The highest BCUT2D eigenvalue weighted by atomic mass is 35.5. The quantitative estimate of drug-likeness (QED) is 0.856. The number of hydrogen-bond donors (Lipinski definition) is 2. The number of para-hydroxylation sites is 1. The SMILES string of the molecule is CCOc1cccc([C@H](CC#N)N2CCNCC2)c1O.Cl.Cl. The van der Waals surface area contributed by atoms with Gasteiger partial charge in [0.2, 0.25) is 0 Å². The number of phenols is 1. The predicted octanol–water partition coefficient (Wildman–Crippen LogP) is 2.49. The van der Waals surface area contributed by atoms with E-state index in [2.05, 4.69) is 16.3 Å².